The van der Waals surface area contributed by atoms with E-state index in [0.717, 1.165) is 43.4 Å². The zero-order valence-corrected chi connectivity index (χ0v) is 20.1. The van der Waals surface area contributed by atoms with Crippen LogP contribution in [0.5, 0.6) is 23.0 Å². The van der Waals surface area contributed by atoms with Crippen molar-refractivity contribution < 1.29 is 14.6 Å². The molecule has 35 heavy (non-hydrogen) atoms. The second-order valence-corrected chi connectivity index (χ2v) is 9.72. The number of fused-ring (bicyclic) bond motifs is 5. The van der Waals surface area contributed by atoms with Gasteiger partial charge in [0.1, 0.15) is 5.60 Å². The molecule has 168 valence electrons. The molecule has 5 aromatic carbocycles. The van der Waals surface area contributed by atoms with Crippen molar-refractivity contribution in [1.29, 1.82) is 0 Å². The Morgan fingerprint density at radius 1 is 0.514 bits per heavy atom. The Morgan fingerprint density at radius 2 is 1.09 bits per heavy atom. The fraction of sp³-hybridized carbons (Fsp3) is 0.0323. The zero-order chi connectivity index (χ0) is 23.6. The molecule has 5 aromatic rings. The first-order chi connectivity index (χ1) is 17.1. The van der Waals surface area contributed by atoms with Crippen molar-refractivity contribution in [3.63, 3.8) is 0 Å². The van der Waals surface area contributed by atoms with Crippen LogP contribution in [-0.2, 0) is 5.60 Å². The van der Waals surface area contributed by atoms with E-state index in [2.05, 4.69) is 28.1 Å². The van der Waals surface area contributed by atoms with Crippen LogP contribution in [0.15, 0.2) is 114 Å². The van der Waals surface area contributed by atoms with Crippen LogP contribution >= 0.6 is 15.9 Å². The summed E-state index contributed by atoms with van der Waals surface area (Å²) in [6.07, 6.45) is 0. The van der Waals surface area contributed by atoms with Gasteiger partial charge in [-0.3, -0.25) is 0 Å². The normalized spacial score (nSPS) is 16.9. The molecule has 0 bridgehead atoms. The molecule has 0 aromatic heterocycles. The molecule has 0 spiro atoms. The van der Waals surface area contributed by atoms with E-state index in [1.54, 1.807) is 0 Å². The summed E-state index contributed by atoms with van der Waals surface area (Å²) >= 11 is 3.61. The van der Waals surface area contributed by atoms with Gasteiger partial charge in [-0.15, -0.1) is 0 Å². The van der Waals surface area contributed by atoms with Crippen molar-refractivity contribution in [3.8, 4) is 45.3 Å². The van der Waals surface area contributed by atoms with E-state index < -0.39 is 5.60 Å². The number of rotatable bonds is 2. The minimum atomic E-state index is -1.30. The summed E-state index contributed by atoms with van der Waals surface area (Å²) in [6.45, 7) is 0. The molecule has 0 saturated heterocycles. The SMILES string of the molecule is OC1(c2ccccc2-c2ccc3c(c2)Oc2ccccc2O3)c2ccccc2-c2ccc(Br)cc21. The van der Waals surface area contributed by atoms with Gasteiger partial charge in [0, 0.05) is 21.2 Å². The van der Waals surface area contributed by atoms with E-state index in [4.69, 9.17) is 9.47 Å². The summed E-state index contributed by atoms with van der Waals surface area (Å²) in [7, 11) is 0. The van der Waals surface area contributed by atoms with Crippen molar-refractivity contribution in [2.24, 2.45) is 0 Å². The first-order valence-corrected chi connectivity index (χ1v) is 12.2. The Labute approximate surface area is 211 Å². The third-order valence-electron chi connectivity index (χ3n) is 6.84. The maximum atomic E-state index is 12.5. The Bertz CT molecular complexity index is 1640. The van der Waals surface area contributed by atoms with Gasteiger partial charge in [-0.2, -0.15) is 0 Å². The Morgan fingerprint density at radius 3 is 1.86 bits per heavy atom. The molecule has 2 aliphatic rings. The maximum absolute atomic E-state index is 12.5. The summed E-state index contributed by atoms with van der Waals surface area (Å²) in [5, 5.41) is 12.5. The molecule has 1 N–H and O–H groups in total. The quantitative estimate of drug-likeness (QED) is 0.250. The molecular weight excluding hydrogens is 500 g/mol. The lowest BCUT2D eigenvalue weighted by atomic mass is 9.80. The lowest BCUT2D eigenvalue weighted by Crippen LogP contribution is -2.27. The molecule has 1 heterocycles. The molecule has 1 aliphatic heterocycles. The minimum Gasteiger partial charge on any atom is -0.450 e. The number of para-hydroxylation sites is 2. The predicted molar refractivity (Wildman–Crippen MR) is 140 cm³/mol. The summed E-state index contributed by atoms with van der Waals surface area (Å²) in [6, 6.07) is 35.8. The van der Waals surface area contributed by atoms with Gasteiger partial charge < -0.3 is 14.6 Å². The van der Waals surface area contributed by atoms with E-state index in [1.165, 1.54) is 0 Å². The zero-order valence-electron chi connectivity index (χ0n) is 18.5. The van der Waals surface area contributed by atoms with Gasteiger partial charge in [0.2, 0.25) is 0 Å². The molecule has 1 unspecified atom stereocenters. The monoisotopic (exact) mass is 518 g/mol. The molecule has 0 fully saturated rings. The van der Waals surface area contributed by atoms with Crippen molar-refractivity contribution in [3.05, 3.63) is 130 Å². The molecule has 0 radical (unpaired) electrons. The Hall–Kier alpha value is -3.86. The van der Waals surface area contributed by atoms with E-state index in [1.807, 2.05) is 97.1 Å². The standard InChI is InChI=1S/C31H19BrO3/c32-20-14-15-23-22-8-2-4-10-25(22)31(33,26(23)18-20)24-9-3-1-7-21(24)19-13-16-29-30(17-19)35-28-12-6-5-11-27(28)34-29/h1-18,33H. The third-order valence-corrected chi connectivity index (χ3v) is 7.33. The number of ether oxygens (including phenoxy) is 2. The highest BCUT2D eigenvalue weighted by Crippen LogP contribution is 2.54. The smallest absolute Gasteiger partial charge is 0.170 e. The van der Waals surface area contributed by atoms with Crippen molar-refractivity contribution in [2.45, 2.75) is 5.60 Å². The highest BCUT2D eigenvalue weighted by Gasteiger charge is 2.44. The number of halogens is 1. The molecule has 0 amide bonds. The lowest BCUT2D eigenvalue weighted by Gasteiger charge is -2.29. The van der Waals surface area contributed by atoms with Gasteiger partial charge in [-0.05, 0) is 58.7 Å². The van der Waals surface area contributed by atoms with E-state index >= 15 is 0 Å². The second-order valence-electron chi connectivity index (χ2n) is 8.80. The Kier molecular flexibility index (Phi) is 4.44. The van der Waals surface area contributed by atoms with Gasteiger partial charge >= 0.3 is 0 Å². The average molecular weight is 519 g/mol. The van der Waals surface area contributed by atoms with Crippen LogP contribution in [0.4, 0.5) is 0 Å². The van der Waals surface area contributed by atoms with Crippen LogP contribution in [0.3, 0.4) is 0 Å². The van der Waals surface area contributed by atoms with Crippen molar-refractivity contribution in [1.82, 2.24) is 0 Å². The molecule has 1 aliphatic carbocycles. The van der Waals surface area contributed by atoms with E-state index in [9.17, 15) is 5.11 Å². The number of hydrogen-bond acceptors (Lipinski definition) is 3. The first-order valence-electron chi connectivity index (χ1n) is 11.4. The highest BCUT2D eigenvalue weighted by atomic mass is 79.9. The van der Waals surface area contributed by atoms with E-state index in [-0.39, 0.29) is 0 Å². The van der Waals surface area contributed by atoms with Gasteiger partial charge in [0.25, 0.3) is 0 Å². The molecule has 0 saturated carbocycles. The summed E-state index contributed by atoms with van der Waals surface area (Å²) < 4.78 is 13.1. The lowest BCUT2D eigenvalue weighted by molar-refractivity contribution is 0.131. The molecule has 1 atom stereocenters. The van der Waals surface area contributed by atoms with Gasteiger partial charge in [-0.1, -0.05) is 88.7 Å². The van der Waals surface area contributed by atoms with E-state index in [0.29, 0.717) is 23.0 Å². The fourth-order valence-corrected chi connectivity index (χ4v) is 5.63. The number of aliphatic hydroxyl groups is 1. The van der Waals surface area contributed by atoms with Crippen LogP contribution in [0.1, 0.15) is 16.7 Å². The van der Waals surface area contributed by atoms with Crippen LogP contribution in [0.2, 0.25) is 0 Å². The van der Waals surface area contributed by atoms with Gasteiger partial charge in [-0.25, -0.2) is 0 Å². The molecule has 4 heteroatoms. The van der Waals surface area contributed by atoms with Crippen LogP contribution in [0, 0.1) is 0 Å². The maximum Gasteiger partial charge on any atom is 0.170 e. The minimum absolute atomic E-state index is 0.651. The Balaban J connectivity index is 1.42. The average Bonchev–Trinajstić information content (AvgIpc) is 3.16. The molecule has 7 rings (SSSR count). The van der Waals surface area contributed by atoms with Crippen molar-refractivity contribution in [2.75, 3.05) is 0 Å². The second kappa shape index (κ2) is 7.57. The molecule has 3 nitrogen and oxygen atoms in total. The van der Waals surface area contributed by atoms with Gasteiger partial charge in [0.15, 0.2) is 23.0 Å². The first kappa shape index (κ1) is 20.5. The molecular formula is C31H19BrO3. The summed E-state index contributed by atoms with van der Waals surface area (Å²) in [4.78, 5) is 0. The van der Waals surface area contributed by atoms with Gasteiger partial charge in [0.05, 0.1) is 0 Å². The summed E-state index contributed by atoms with van der Waals surface area (Å²) in [5.74, 6) is 2.71. The largest absolute Gasteiger partial charge is 0.450 e. The number of hydrogen-bond donors (Lipinski definition) is 1. The number of benzene rings is 5. The van der Waals surface area contributed by atoms with Crippen LogP contribution < -0.4 is 9.47 Å². The highest BCUT2D eigenvalue weighted by molar-refractivity contribution is 9.10. The summed E-state index contributed by atoms with van der Waals surface area (Å²) in [5.41, 5.74) is 5.23. The van der Waals surface area contributed by atoms with Crippen LogP contribution in [0.25, 0.3) is 22.3 Å². The fourth-order valence-electron chi connectivity index (χ4n) is 5.27. The topological polar surface area (TPSA) is 38.7 Å². The third kappa shape index (κ3) is 3.00. The van der Waals surface area contributed by atoms with Crippen molar-refractivity contribution >= 4 is 15.9 Å². The predicted octanol–water partition coefficient (Wildman–Crippen LogP) is 8.28. The van der Waals surface area contributed by atoms with Crippen LogP contribution in [-0.4, -0.2) is 5.11 Å².